The topological polar surface area (TPSA) is 153 Å². The summed E-state index contributed by atoms with van der Waals surface area (Å²) in [6.45, 7) is 2.51. The van der Waals surface area contributed by atoms with Crippen molar-refractivity contribution in [2.24, 2.45) is 0 Å². The van der Waals surface area contributed by atoms with Crippen molar-refractivity contribution in [3.8, 4) is 17.0 Å². The average molecular weight is 680 g/mol. The van der Waals surface area contributed by atoms with Crippen LogP contribution in [-0.4, -0.2) is 40.0 Å². The highest BCUT2D eigenvalue weighted by atomic mass is 32.2. The highest BCUT2D eigenvalue weighted by molar-refractivity contribution is 8.00. The van der Waals surface area contributed by atoms with E-state index in [9.17, 15) is 24.5 Å². The zero-order chi connectivity index (χ0) is 33.9. The number of thioether (sulfide) groups is 1. The molecular weight excluding hydrogens is 651 g/mol. The number of benzene rings is 4. The van der Waals surface area contributed by atoms with E-state index in [2.05, 4.69) is 20.9 Å². The van der Waals surface area contributed by atoms with Gasteiger partial charge in [-0.2, -0.15) is 0 Å². The molecule has 0 aliphatic heterocycles. The summed E-state index contributed by atoms with van der Waals surface area (Å²) in [6.07, 6.45) is 1.26. The van der Waals surface area contributed by atoms with E-state index in [-0.39, 0.29) is 28.6 Å². The number of para-hydroxylation sites is 1. The first-order chi connectivity index (χ1) is 23.3. The zero-order valence-electron chi connectivity index (χ0n) is 25.5. The molecule has 0 radical (unpaired) electrons. The van der Waals surface area contributed by atoms with Crippen molar-refractivity contribution in [3.63, 3.8) is 0 Å². The number of aromatic nitrogens is 1. The van der Waals surface area contributed by atoms with E-state index < -0.39 is 16.7 Å². The molecule has 5 aromatic rings. The number of amides is 3. The van der Waals surface area contributed by atoms with Crippen LogP contribution in [0.15, 0.2) is 119 Å². The summed E-state index contributed by atoms with van der Waals surface area (Å²) < 4.78 is 5.48. The highest BCUT2D eigenvalue weighted by Gasteiger charge is 2.18. The second-order valence-electron chi connectivity index (χ2n) is 10.0. The molecule has 242 valence electrons. The Balaban J connectivity index is 1.20. The van der Waals surface area contributed by atoms with Gasteiger partial charge < -0.3 is 20.7 Å². The fraction of sp³-hybridized carbons (Fsp3) is 0.0857. The average Bonchev–Trinajstić information content (AvgIpc) is 3.57. The summed E-state index contributed by atoms with van der Waals surface area (Å²) in [7, 11) is 0. The highest BCUT2D eigenvalue weighted by Crippen LogP contribution is 2.27. The molecular formula is C35H29N5O6S2. The molecule has 0 fully saturated rings. The van der Waals surface area contributed by atoms with Gasteiger partial charge in [-0.1, -0.05) is 30.3 Å². The van der Waals surface area contributed by atoms with Crippen molar-refractivity contribution < 1.29 is 24.0 Å². The number of hydrogen-bond donors (Lipinski definition) is 3. The Morgan fingerprint density at radius 2 is 1.62 bits per heavy atom. The summed E-state index contributed by atoms with van der Waals surface area (Å²) in [6, 6.07) is 28.6. The number of nitrogens with one attached hydrogen (secondary N) is 3. The molecule has 4 aromatic carbocycles. The number of nitro groups is 1. The van der Waals surface area contributed by atoms with Crippen LogP contribution >= 0.6 is 23.1 Å². The minimum Gasteiger partial charge on any atom is -0.494 e. The fourth-order valence-corrected chi connectivity index (χ4v) is 5.80. The largest absolute Gasteiger partial charge is 0.494 e. The molecule has 3 N–H and O–H groups in total. The molecule has 48 heavy (non-hydrogen) atoms. The van der Waals surface area contributed by atoms with Gasteiger partial charge in [-0.25, -0.2) is 4.98 Å². The van der Waals surface area contributed by atoms with E-state index in [1.165, 1.54) is 47.4 Å². The van der Waals surface area contributed by atoms with Gasteiger partial charge in [0.05, 0.1) is 28.5 Å². The summed E-state index contributed by atoms with van der Waals surface area (Å²) >= 11 is 2.64. The van der Waals surface area contributed by atoms with E-state index >= 15 is 0 Å². The summed E-state index contributed by atoms with van der Waals surface area (Å²) in [5, 5.41) is 22.1. The molecule has 0 bridgehead atoms. The first-order valence-electron chi connectivity index (χ1n) is 14.6. The van der Waals surface area contributed by atoms with Crippen LogP contribution in [0.25, 0.3) is 17.3 Å². The lowest BCUT2D eigenvalue weighted by Gasteiger charge is -2.12. The molecule has 0 atom stereocenters. The first-order valence-corrected chi connectivity index (χ1v) is 16.5. The molecule has 0 aliphatic carbocycles. The maximum absolute atomic E-state index is 13.3. The predicted octanol–water partition coefficient (Wildman–Crippen LogP) is 7.26. The van der Waals surface area contributed by atoms with Crippen LogP contribution in [0.4, 0.5) is 16.5 Å². The maximum Gasteiger partial charge on any atom is 0.276 e. The minimum absolute atomic E-state index is 0.137. The first kappa shape index (κ1) is 33.6. The van der Waals surface area contributed by atoms with E-state index in [0.29, 0.717) is 23.0 Å². The number of nitrogens with zero attached hydrogens (tertiary/aromatic N) is 2. The van der Waals surface area contributed by atoms with Crippen LogP contribution in [0.1, 0.15) is 22.8 Å². The van der Waals surface area contributed by atoms with Crippen molar-refractivity contribution in [2.75, 3.05) is 23.0 Å². The van der Waals surface area contributed by atoms with Crippen molar-refractivity contribution in [2.45, 2.75) is 11.8 Å². The molecule has 0 aliphatic rings. The van der Waals surface area contributed by atoms with Crippen LogP contribution in [0.5, 0.6) is 5.75 Å². The molecule has 13 heteroatoms. The van der Waals surface area contributed by atoms with Gasteiger partial charge in [0.25, 0.3) is 17.5 Å². The standard InChI is InChI=1S/C35H29N5O6S2/c1-2-46-27-16-12-23(13-17-27)30-21-48-35(38-30)39-32(41)22-47-28-18-14-26(15-19-28)36-34(43)29(37-33(42)24-8-4-3-5-9-24)20-25-10-6-7-11-31(25)40(44)45/h3-21H,2,22H2,1H3,(H,36,43)(H,37,42)(H,38,39,41)/b29-20-. The number of rotatable bonds is 13. The molecule has 11 nitrogen and oxygen atoms in total. The third kappa shape index (κ3) is 9.15. The molecule has 3 amide bonds. The SMILES string of the molecule is CCOc1ccc(-c2csc(NC(=O)CSc3ccc(NC(=O)/C(=C/c4ccccc4[N+](=O)[O-])NC(=O)c4ccccc4)cc3)n2)cc1. The lowest BCUT2D eigenvalue weighted by Crippen LogP contribution is -2.30. The maximum atomic E-state index is 13.3. The van der Waals surface area contributed by atoms with Gasteiger partial charge in [-0.15, -0.1) is 23.1 Å². The van der Waals surface area contributed by atoms with Crippen molar-refractivity contribution in [1.82, 2.24) is 10.3 Å². The van der Waals surface area contributed by atoms with Gasteiger partial charge in [0.15, 0.2) is 5.13 Å². The van der Waals surface area contributed by atoms with Gasteiger partial charge >= 0.3 is 0 Å². The third-order valence-corrected chi connectivity index (χ3v) is 8.43. The Labute approximate surface area is 284 Å². The number of anilines is 2. The fourth-order valence-electron chi connectivity index (χ4n) is 4.36. The van der Waals surface area contributed by atoms with Crippen LogP contribution in [-0.2, 0) is 9.59 Å². The van der Waals surface area contributed by atoms with Crippen LogP contribution in [0.2, 0.25) is 0 Å². The van der Waals surface area contributed by atoms with E-state index in [4.69, 9.17) is 4.74 Å². The lowest BCUT2D eigenvalue weighted by molar-refractivity contribution is -0.385. The number of ether oxygens (including phenoxy) is 1. The third-order valence-electron chi connectivity index (χ3n) is 6.66. The Hall–Kier alpha value is -5.79. The van der Waals surface area contributed by atoms with E-state index in [1.54, 1.807) is 60.7 Å². The minimum atomic E-state index is -0.676. The summed E-state index contributed by atoms with van der Waals surface area (Å²) in [5.41, 5.74) is 2.15. The van der Waals surface area contributed by atoms with Crippen LogP contribution in [0.3, 0.4) is 0 Å². The molecule has 0 unspecified atom stereocenters. The molecule has 1 heterocycles. The smallest absolute Gasteiger partial charge is 0.276 e. The molecule has 5 rings (SSSR count). The Bertz CT molecular complexity index is 1940. The molecule has 0 saturated carbocycles. The van der Waals surface area contributed by atoms with Gasteiger partial charge in [0.2, 0.25) is 5.91 Å². The van der Waals surface area contributed by atoms with Gasteiger partial charge in [-0.3, -0.25) is 24.5 Å². The van der Waals surface area contributed by atoms with Gasteiger partial charge in [-0.05, 0) is 79.7 Å². The van der Waals surface area contributed by atoms with Gasteiger partial charge in [0.1, 0.15) is 11.4 Å². The zero-order valence-corrected chi connectivity index (χ0v) is 27.2. The predicted molar refractivity (Wildman–Crippen MR) is 188 cm³/mol. The monoisotopic (exact) mass is 679 g/mol. The van der Waals surface area contributed by atoms with Crippen molar-refractivity contribution >= 4 is 63.4 Å². The quantitative estimate of drug-likeness (QED) is 0.0509. The summed E-state index contributed by atoms with van der Waals surface area (Å²) in [5.74, 6) is -0.527. The van der Waals surface area contributed by atoms with Crippen LogP contribution in [0, 0.1) is 10.1 Å². The number of carbonyl (C=O) groups excluding carboxylic acids is 3. The number of thiazole rings is 1. The van der Waals surface area contributed by atoms with Crippen molar-refractivity contribution in [1.29, 1.82) is 0 Å². The van der Waals surface area contributed by atoms with E-state index in [0.717, 1.165) is 21.9 Å². The number of carbonyl (C=O) groups is 3. The summed E-state index contributed by atoms with van der Waals surface area (Å²) in [4.78, 5) is 55.2. The molecule has 0 spiro atoms. The van der Waals surface area contributed by atoms with E-state index in [1.807, 2.05) is 36.6 Å². The Morgan fingerprint density at radius 3 is 2.33 bits per heavy atom. The lowest BCUT2D eigenvalue weighted by atomic mass is 10.1. The Morgan fingerprint density at radius 1 is 0.917 bits per heavy atom. The second-order valence-corrected chi connectivity index (χ2v) is 11.9. The van der Waals surface area contributed by atoms with Gasteiger partial charge in [0, 0.05) is 33.2 Å². The van der Waals surface area contributed by atoms with Crippen LogP contribution < -0.4 is 20.7 Å². The normalized spacial score (nSPS) is 11.0. The number of nitro benzene ring substituents is 1. The molecule has 0 saturated heterocycles. The number of hydrogen-bond acceptors (Lipinski definition) is 9. The van der Waals surface area contributed by atoms with Crippen molar-refractivity contribution in [3.05, 3.63) is 135 Å². The Kier molecular flexibility index (Phi) is 11.3. The molecule has 1 aromatic heterocycles. The second kappa shape index (κ2) is 16.2.